The minimum absolute atomic E-state index is 0.279. The molecule has 2 aromatic rings. The molecule has 4 nitrogen and oxygen atoms in total. The van der Waals surface area contributed by atoms with Crippen LogP contribution in [0, 0.1) is 4.91 Å². The zero-order valence-electron chi connectivity index (χ0n) is 6.56. The van der Waals surface area contributed by atoms with Crippen LogP contribution in [0.2, 0.25) is 0 Å². The van der Waals surface area contributed by atoms with E-state index >= 15 is 0 Å². The molecule has 1 aromatic carbocycles. The van der Waals surface area contributed by atoms with Gasteiger partial charge in [0, 0.05) is 11.5 Å². The Morgan fingerprint density at radius 3 is 2.77 bits per heavy atom. The lowest BCUT2D eigenvalue weighted by atomic mass is 10.2. The van der Waals surface area contributed by atoms with Gasteiger partial charge in [0.1, 0.15) is 11.3 Å². The average Bonchev–Trinajstić information content (AvgIpc) is 2.16. The van der Waals surface area contributed by atoms with E-state index < -0.39 is 5.63 Å². The Labute approximate surface area is 72.8 Å². The van der Waals surface area contributed by atoms with E-state index in [2.05, 4.69) is 5.18 Å². The van der Waals surface area contributed by atoms with Crippen LogP contribution in [0.1, 0.15) is 0 Å². The molecule has 0 saturated carbocycles. The molecule has 64 valence electrons. The van der Waals surface area contributed by atoms with E-state index in [0.29, 0.717) is 11.0 Å². The Hall–Kier alpha value is -1.97. The lowest BCUT2D eigenvalue weighted by Gasteiger charge is -1.95. The van der Waals surface area contributed by atoms with E-state index in [-0.39, 0.29) is 5.69 Å². The monoisotopic (exact) mass is 175 g/mol. The number of nitrogens with zero attached hydrogens (tertiary/aromatic N) is 1. The summed E-state index contributed by atoms with van der Waals surface area (Å²) >= 11 is 0. The van der Waals surface area contributed by atoms with Crippen LogP contribution in [0.25, 0.3) is 11.0 Å². The first-order valence-electron chi connectivity index (χ1n) is 3.67. The van der Waals surface area contributed by atoms with Crippen LogP contribution < -0.4 is 5.63 Å². The number of hydrogen-bond donors (Lipinski definition) is 0. The largest absolute Gasteiger partial charge is 0.423 e. The molecule has 1 heterocycles. The van der Waals surface area contributed by atoms with E-state index in [0.717, 1.165) is 0 Å². The van der Waals surface area contributed by atoms with Gasteiger partial charge in [-0.15, -0.1) is 4.91 Å². The molecule has 0 aliphatic heterocycles. The molecule has 0 aliphatic carbocycles. The van der Waals surface area contributed by atoms with Gasteiger partial charge in [0.25, 0.3) is 0 Å². The van der Waals surface area contributed by atoms with Crippen molar-refractivity contribution in [3.63, 3.8) is 0 Å². The third kappa shape index (κ3) is 1.22. The van der Waals surface area contributed by atoms with Gasteiger partial charge >= 0.3 is 5.63 Å². The second-order valence-electron chi connectivity index (χ2n) is 2.53. The molecule has 0 saturated heterocycles. The summed E-state index contributed by atoms with van der Waals surface area (Å²) in [4.78, 5) is 21.1. The second kappa shape index (κ2) is 2.82. The van der Waals surface area contributed by atoms with Crippen molar-refractivity contribution in [1.29, 1.82) is 0 Å². The summed E-state index contributed by atoms with van der Waals surface area (Å²) in [5.74, 6) is 0. The molecule has 0 aliphatic rings. The van der Waals surface area contributed by atoms with Crippen molar-refractivity contribution < 1.29 is 4.42 Å². The molecule has 0 bridgehead atoms. The molecule has 0 fully saturated rings. The van der Waals surface area contributed by atoms with Crippen molar-refractivity contribution in [3.8, 4) is 0 Å². The Kier molecular flexibility index (Phi) is 1.66. The molecular formula is C9H5NO3. The lowest BCUT2D eigenvalue weighted by Crippen LogP contribution is -1.93. The Morgan fingerprint density at radius 2 is 2.00 bits per heavy atom. The van der Waals surface area contributed by atoms with Crippen molar-refractivity contribution in [2.45, 2.75) is 0 Å². The fourth-order valence-corrected chi connectivity index (χ4v) is 1.16. The van der Waals surface area contributed by atoms with E-state index in [1.807, 2.05) is 0 Å². The van der Waals surface area contributed by atoms with Gasteiger partial charge in [0.05, 0.1) is 0 Å². The molecule has 0 spiro atoms. The molecule has 0 amide bonds. The van der Waals surface area contributed by atoms with Crippen LogP contribution in [0.3, 0.4) is 0 Å². The van der Waals surface area contributed by atoms with Crippen molar-refractivity contribution in [3.05, 3.63) is 45.7 Å². The van der Waals surface area contributed by atoms with Gasteiger partial charge in [0.2, 0.25) is 0 Å². The lowest BCUT2D eigenvalue weighted by molar-refractivity contribution is 0.561. The smallest absolute Gasteiger partial charge is 0.336 e. The minimum atomic E-state index is -0.435. The third-order valence-electron chi connectivity index (χ3n) is 1.74. The highest BCUT2D eigenvalue weighted by Crippen LogP contribution is 2.23. The second-order valence-corrected chi connectivity index (χ2v) is 2.53. The molecule has 1 aromatic heterocycles. The summed E-state index contributed by atoms with van der Waals surface area (Å²) in [5, 5.41) is 3.37. The highest BCUT2D eigenvalue weighted by atomic mass is 16.4. The van der Waals surface area contributed by atoms with E-state index in [9.17, 15) is 9.70 Å². The minimum Gasteiger partial charge on any atom is -0.423 e. The Balaban J connectivity index is 2.92. The zero-order valence-corrected chi connectivity index (χ0v) is 6.56. The molecule has 0 N–H and O–H groups in total. The van der Waals surface area contributed by atoms with Gasteiger partial charge in [-0.2, -0.15) is 0 Å². The summed E-state index contributed by atoms with van der Waals surface area (Å²) in [5.41, 5.74) is 0.224. The number of benzene rings is 1. The van der Waals surface area contributed by atoms with Crippen molar-refractivity contribution in [2.24, 2.45) is 5.18 Å². The Bertz CT molecular complexity index is 515. The van der Waals surface area contributed by atoms with E-state index in [1.54, 1.807) is 18.2 Å². The van der Waals surface area contributed by atoms with Crippen LogP contribution >= 0.6 is 0 Å². The Morgan fingerprint density at radius 1 is 1.15 bits per heavy atom. The zero-order chi connectivity index (χ0) is 9.26. The molecule has 0 atom stereocenters. The van der Waals surface area contributed by atoms with Crippen molar-refractivity contribution in [1.82, 2.24) is 0 Å². The quantitative estimate of drug-likeness (QED) is 0.493. The summed E-state index contributed by atoms with van der Waals surface area (Å²) in [6, 6.07) is 7.58. The standard InChI is InChI=1S/C9H5NO3/c11-9-5-4-6-7(10-12)2-1-3-8(6)13-9/h1-5H. The first-order valence-corrected chi connectivity index (χ1v) is 3.67. The third-order valence-corrected chi connectivity index (χ3v) is 1.74. The van der Waals surface area contributed by atoms with Crippen molar-refractivity contribution in [2.75, 3.05) is 0 Å². The van der Waals surface area contributed by atoms with Gasteiger partial charge < -0.3 is 4.42 Å². The number of rotatable bonds is 1. The molecular weight excluding hydrogens is 170 g/mol. The maximum atomic E-state index is 10.8. The molecule has 4 heteroatoms. The number of nitroso groups, excluding NO2 is 1. The average molecular weight is 175 g/mol. The molecule has 2 rings (SSSR count). The van der Waals surface area contributed by atoms with Gasteiger partial charge in [-0.25, -0.2) is 4.79 Å². The highest BCUT2D eigenvalue weighted by molar-refractivity contribution is 5.87. The van der Waals surface area contributed by atoms with Crippen LogP contribution in [0.15, 0.2) is 44.7 Å². The summed E-state index contributed by atoms with van der Waals surface area (Å²) in [6.07, 6.45) is 0. The predicted octanol–water partition coefficient (Wildman–Crippen LogP) is 2.19. The van der Waals surface area contributed by atoms with Crippen LogP contribution in [0.5, 0.6) is 0 Å². The first kappa shape index (κ1) is 7.67. The van der Waals surface area contributed by atoms with Gasteiger partial charge in [-0.05, 0) is 23.4 Å². The predicted molar refractivity (Wildman–Crippen MR) is 47.9 cm³/mol. The summed E-state index contributed by atoms with van der Waals surface area (Å²) in [6.45, 7) is 0. The number of hydrogen-bond acceptors (Lipinski definition) is 4. The van der Waals surface area contributed by atoms with Gasteiger partial charge in [-0.3, -0.25) is 0 Å². The maximum absolute atomic E-state index is 10.8. The van der Waals surface area contributed by atoms with Crippen LogP contribution in [0.4, 0.5) is 5.69 Å². The highest BCUT2D eigenvalue weighted by Gasteiger charge is 2.01. The topological polar surface area (TPSA) is 59.6 Å². The van der Waals surface area contributed by atoms with Gasteiger partial charge in [-0.1, -0.05) is 6.07 Å². The normalized spacial score (nSPS) is 10.2. The summed E-state index contributed by atoms with van der Waals surface area (Å²) in [7, 11) is 0. The SMILES string of the molecule is O=Nc1cccc2oc(=O)ccc12. The van der Waals surface area contributed by atoms with Crippen molar-refractivity contribution >= 4 is 16.7 Å². The van der Waals surface area contributed by atoms with E-state index in [4.69, 9.17) is 4.42 Å². The maximum Gasteiger partial charge on any atom is 0.336 e. The molecule has 13 heavy (non-hydrogen) atoms. The fraction of sp³-hybridized carbons (Fsp3) is 0. The van der Waals surface area contributed by atoms with Crippen LogP contribution in [-0.4, -0.2) is 0 Å². The fourth-order valence-electron chi connectivity index (χ4n) is 1.16. The molecule has 0 radical (unpaired) electrons. The molecule has 0 unspecified atom stereocenters. The number of fused-ring (bicyclic) bond motifs is 1. The van der Waals surface area contributed by atoms with Crippen LogP contribution in [-0.2, 0) is 0 Å². The van der Waals surface area contributed by atoms with Gasteiger partial charge in [0.15, 0.2) is 0 Å². The first-order chi connectivity index (χ1) is 6.31. The van der Waals surface area contributed by atoms with E-state index in [1.165, 1.54) is 12.1 Å². The summed E-state index contributed by atoms with van der Waals surface area (Å²) < 4.78 is 4.85.